The van der Waals surface area contributed by atoms with Crippen LogP contribution in [0.25, 0.3) is 22.0 Å². The molecule has 35 heavy (non-hydrogen) atoms. The molecule has 0 bridgehead atoms. The molecule has 0 saturated heterocycles. The zero-order chi connectivity index (χ0) is 23.9. The van der Waals surface area contributed by atoms with Crippen LogP contribution in [0.15, 0.2) is 90.3 Å². The molecule has 1 atom stereocenters. The standard InChI is InChI=1S/C28H22N6O/c1-16(32-25-11-12-30-15-23(25)29)19-7-4-8-22-26(19)20-5-2-3-6-21(20)27(22)33-28(35)17-9-10-24-18(13-17)14-31-34-24/h2-15,27H,29H2,1H3,(H,31,34)(H,33,35). The Bertz CT molecular complexity index is 1630. The molecule has 2 heterocycles. The Labute approximate surface area is 201 Å². The average molecular weight is 459 g/mol. The molecule has 7 nitrogen and oxygen atoms in total. The highest BCUT2D eigenvalue weighted by Crippen LogP contribution is 2.45. The highest BCUT2D eigenvalue weighted by molar-refractivity contribution is 6.08. The summed E-state index contributed by atoms with van der Waals surface area (Å²) in [4.78, 5) is 22.1. The number of hydrogen-bond acceptors (Lipinski definition) is 5. The Morgan fingerprint density at radius 2 is 1.89 bits per heavy atom. The minimum atomic E-state index is -0.271. The molecule has 1 aliphatic carbocycles. The Morgan fingerprint density at radius 3 is 2.77 bits per heavy atom. The zero-order valence-corrected chi connectivity index (χ0v) is 19.0. The van der Waals surface area contributed by atoms with Crippen LogP contribution in [-0.4, -0.2) is 26.8 Å². The third-order valence-corrected chi connectivity index (χ3v) is 6.43. The number of aromatic nitrogens is 3. The smallest absolute Gasteiger partial charge is 0.252 e. The summed E-state index contributed by atoms with van der Waals surface area (Å²) in [6.07, 6.45) is 5.00. The summed E-state index contributed by atoms with van der Waals surface area (Å²) in [5.74, 6) is -0.138. The SMILES string of the molecule is CC(=Nc1ccncc1N)c1cccc2c1-c1ccccc1C2NC(=O)c1ccc2[nH]ncc2c1. The van der Waals surface area contributed by atoms with Crippen molar-refractivity contribution >= 4 is 33.9 Å². The van der Waals surface area contributed by atoms with Gasteiger partial charge < -0.3 is 11.1 Å². The first kappa shape index (κ1) is 20.8. The maximum atomic E-state index is 13.3. The Hall–Kier alpha value is -4.78. The quantitative estimate of drug-likeness (QED) is 0.322. The van der Waals surface area contributed by atoms with Gasteiger partial charge in [0.25, 0.3) is 5.91 Å². The largest absolute Gasteiger partial charge is 0.396 e. The van der Waals surface area contributed by atoms with Gasteiger partial charge in [0.05, 0.1) is 35.3 Å². The Morgan fingerprint density at radius 1 is 1.03 bits per heavy atom. The number of H-pyrrole nitrogens is 1. The Kier molecular flexibility index (Phi) is 4.88. The molecule has 4 N–H and O–H groups in total. The van der Waals surface area contributed by atoms with Gasteiger partial charge in [-0.3, -0.25) is 19.9 Å². The van der Waals surface area contributed by atoms with E-state index in [0.29, 0.717) is 16.9 Å². The lowest BCUT2D eigenvalue weighted by molar-refractivity contribution is 0.0944. The van der Waals surface area contributed by atoms with Gasteiger partial charge in [-0.25, -0.2) is 0 Å². The fourth-order valence-corrected chi connectivity index (χ4v) is 4.75. The van der Waals surface area contributed by atoms with Crippen LogP contribution in [0.3, 0.4) is 0 Å². The van der Waals surface area contributed by atoms with Crippen LogP contribution in [0.1, 0.15) is 40.0 Å². The van der Waals surface area contributed by atoms with E-state index in [2.05, 4.69) is 44.8 Å². The minimum Gasteiger partial charge on any atom is -0.396 e. The van der Waals surface area contributed by atoms with Crippen molar-refractivity contribution in [1.82, 2.24) is 20.5 Å². The summed E-state index contributed by atoms with van der Waals surface area (Å²) in [5, 5.41) is 11.1. The van der Waals surface area contributed by atoms with E-state index in [1.165, 1.54) is 0 Å². The molecule has 3 aromatic carbocycles. The molecule has 170 valence electrons. The lowest BCUT2D eigenvalue weighted by Gasteiger charge is -2.16. The number of carbonyl (C=O) groups excluding carboxylic acids is 1. The Balaban J connectivity index is 1.42. The van der Waals surface area contributed by atoms with Crippen molar-refractivity contribution in [2.45, 2.75) is 13.0 Å². The molecular weight excluding hydrogens is 436 g/mol. The number of nitrogens with zero attached hydrogens (tertiary/aromatic N) is 3. The average Bonchev–Trinajstić information content (AvgIpc) is 3.48. The minimum absolute atomic E-state index is 0.138. The molecule has 0 aliphatic heterocycles. The van der Waals surface area contributed by atoms with Gasteiger partial charge in [-0.15, -0.1) is 0 Å². The monoisotopic (exact) mass is 458 g/mol. The van der Waals surface area contributed by atoms with Gasteiger partial charge in [0.1, 0.15) is 0 Å². The number of benzene rings is 3. The van der Waals surface area contributed by atoms with Gasteiger partial charge in [-0.05, 0) is 53.4 Å². The number of aliphatic imine (C=N–C) groups is 1. The van der Waals surface area contributed by atoms with Crippen LogP contribution in [-0.2, 0) is 0 Å². The highest BCUT2D eigenvalue weighted by Gasteiger charge is 2.32. The van der Waals surface area contributed by atoms with E-state index in [-0.39, 0.29) is 11.9 Å². The second-order valence-corrected chi connectivity index (χ2v) is 8.57. The molecule has 2 aromatic heterocycles. The molecule has 0 saturated carbocycles. The van der Waals surface area contributed by atoms with E-state index in [4.69, 9.17) is 10.7 Å². The number of nitrogens with two attached hydrogens (primary N) is 1. The second-order valence-electron chi connectivity index (χ2n) is 8.57. The number of anilines is 1. The number of hydrogen-bond donors (Lipinski definition) is 3. The van der Waals surface area contributed by atoms with Crippen LogP contribution in [0.2, 0.25) is 0 Å². The molecule has 1 amide bonds. The van der Waals surface area contributed by atoms with Gasteiger partial charge in [-0.2, -0.15) is 5.10 Å². The highest BCUT2D eigenvalue weighted by atomic mass is 16.1. The van der Waals surface area contributed by atoms with Crippen molar-refractivity contribution in [3.63, 3.8) is 0 Å². The van der Waals surface area contributed by atoms with Crippen LogP contribution >= 0.6 is 0 Å². The fraction of sp³-hybridized carbons (Fsp3) is 0.0714. The van der Waals surface area contributed by atoms with Crippen molar-refractivity contribution < 1.29 is 4.79 Å². The summed E-state index contributed by atoms with van der Waals surface area (Å²) in [6.45, 7) is 1.98. The van der Waals surface area contributed by atoms with E-state index in [0.717, 1.165) is 44.4 Å². The molecule has 1 aliphatic rings. The molecule has 5 aromatic rings. The maximum Gasteiger partial charge on any atom is 0.252 e. The lowest BCUT2D eigenvalue weighted by atomic mass is 9.96. The molecule has 0 spiro atoms. The first-order valence-corrected chi connectivity index (χ1v) is 11.3. The zero-order valence-electron chi connectivity index (χ0n) is 19.0. The van der Waals surface area contributed by atoms with E-state index >= 15 is 0 Å². The number of nitrogen functional groups attached to an aromatic ring is 1. The van der Waals surface area contributed by atoms with Gasteiger partial charge in [0.2, 0.25) is 0 Å². The third-order valence-electron chi connectivity index (χ3n) is 6.43. The number of amides is 1. The third kappa shape index (κ3) is 3.54. The lowest BCUT2D eigenvalue weighted by Crippen LogP contribution is -2.28. The fourth-order valence-electron chi connectivity index (χ4n) is 4.75. The summed E-state index contributed by atoms with van der Waals surface area (Å²) in [5.41, 5.74) is 14.9. The number of rotatable bonds is 4. The molecule has 7 heteroatoms. The summed E-state index contributed by atoms with van der Waals surface area (Å²) in [6, 6.07) is 21.4. The number of carbonyl (C=O) groups is 1. The van der Waals surface area contributed by atoms with E-state index in [1.54, 1.807) is 24.7 Å². The first-order valence-electron chi connectivity index (χ1n) is 11.3. The molecule has 6 rings (SSSR count). The van der Waals surface area contributed by atoms with Crippen molar-refractivity contribution in [1.29, 1.82) is 0 Å². The predicted octanol–water partition coefficient (Wildman–Crippen LogP) is 5.18. The molecular formula is C28H22N6O. The first-order chi connectivity index (χ1) is 17.1. The van der Waals surface area contributed by atoms with E-state index in [9.17, 15) is 4.79 Å². The summed E-state index contributed by atoms with van der Waals surface area (Å²) in [7, 11) is 0. The summed E-state index contributed by atoms with van der Waals surface area (Å²) >= 11 is 0. The maximum absolute atomic E-state index is 13.3. The van der Waals surface area contributed by atoms with Crippen molar-refractivity contribution in [2.75, 3.05) is 5.73 Å². The van der Waals surface area contributed by atoms with Gasteiger partial charge in [0.15, 0.2) is 0 Å². The molecule has 1 unspecified atom stereocenters. The topological polar surface area (TPSA) is 109 Å². The number of aromatic amines is 1. The predicted molar refractivity (Wildman–Crippen MR) is 138 cm³/mol. The van der Waals surface area contributed by atoms with E-state index in [1.807, 2.05) is 43.3 Å². The van der Waals surface area contributed by atoms with Crippen LogP contribution in [0.4, 0.5) is 11.4 Å². The summed E-state index contributed by atoms with van der Waals surface area (Å²) < 4.78 is 0. The number of fused-ring (bicyclic) bond motifs is 4. The normalized spacial score (nSPS) is 14.5. The van der Waals surface area contributed by atoms with Gasteiger partial charge in [-0.1, -0.05) is 42.5 Å². The van der Waals surface area contributed by atoms with Gasteiger partial charge >= 0.3 is 0 Å². The van der Waals surface area contributed by atoms with Crippen LogP contribution in [0, 0.1) is 0 Å². The number of pyridine rings is 1. The van der Waals surface area contributed by atoms with E-state index < -0.39 is 0 Å². The van der Waals surface area contributed by atoms with Crippen LogP contribution in [0.5, 0.6) is 0 Å². The number of nitrogens with one attached hydrogen (secondary N) is 2. The molecule has 0 fully saturated rings. The van der Waals surface area contributed by atoms with Crippen molar-refractivity contribution in [3.8, 4) is 11.1 Å². The van der Waals surface area contributed by atoms with Gasteiger partial charge in [0, 0.05) is 28.4 Å². The second kappa shape index (κ2) is 8.22. The van der Waals surface area contributed by atoms with Crippen molar-refractivity contribution in [3.05, 3.63) is 108 Å². The van der Waals surface area contributed by atoms with Crippen molar-refractivity contribution in [2.24, 2.45) is 4.99 Å². The van der Waals surface area contributed by atoms with Crippen LogP contribution < -0.4 is 11.1 Å². The molecule has 0 radical (unpaired) electrons.